The standard InChI is InChI=1S/C17H31N7.HI/c1-7-8-18-17(19-9-16-22-21-14(5)23(16)6)20-15-11-24(12(2)3)10-13(15)4;/h7,12-13,15H,1,8-11H2,2-6H3,(H2,18,19,20);1H. The van der Waals surface area contributed by atoms with Crippen LogP contribution >= 0.6 is 24.0 Å². The number of hydrogen-bond acceptors (Lipinski definition) is 4. The third-order valence-corrected chi connectivity index (χ3v) is 4.67. The Balaban J connectivity index is 0.00000312. The zero-order valence-electron chi connectivity index (χ0n) is 16.0. The first-order valence-electron chi connectivity index (χ1n) is 8.67. The van der Waals surface area contributed by atoms with Gasteiger partial charge >= 0.3 is 0 Å². The lowest BCUT2D eigenvalue weighted by molar-refractivity contribution is 0.265. The second-order valence-electron chi connectivity index (χ2n) is 6.83. The summed E-state index contributed by atoms with van der Waals surface area (Å²) in [5, 5.41) is 15.1. The molecule has 0 saturated carbocycles. The molecule has 1 aliphatic heterocycles. The molecule has 0 amide bonds. The summed E-state index contributed by atoms with van der Waals surface area (Å²) in [6.45, 7) is 15.8. The smallest absolute Gasteiger partial charge is 0.192 e. The summed E-state index contributed by atoms with van der Waals surface area (Å²) >= 11 is 0. The van der Waals surface area contributed by atoms with E-state index >= 15 is 0 Å². The molecule has 2 heterocycles. The molecule has 2 N–H and O–H groups in total. The predicted octanol–water partition coefficient (Wildman–Crippen LogP) is 1.69. The van der Waals surface area contributed by atoms with Gasteiger partial charge < -0.3 is 15.2 Å². The van der Waals surface area contributed by atoms with Gasteiger partial charge in [-0.25, -0.2) is 4.99 Å². The van der Waals surface area contributed by atoms with E-state index in [1.165, 1.54) is 0 Å². The van der Waals surface area contributed by atoms with E-state index in [9.17, 15) is 0 Å². The van der Waals surface area contributed by atoms with Crippen molar-refractivity contribution in [1.29, 1.82) is 0 Å². The number of hydrogen-bond donors (Lipinski definition) is 2. The molecule has 7 nitrogen and oxygen atoms in total. The van der Waals surface area contributed by atoms with Gasteiger partial charge in [-0.15, -0.1) is 40.8 Å². The molecule has 1 aromatic rings. The lowest BCUT2D eigenvalue weighted by atomic mass is 10.1. The van der Waals surface area contributed by atoms with Crippen LogP contribution in [0.25, 0.3) is 0 Å². The van der Waals surface area contributed by atoms with Gasteiger partial charge in [0.15, 0.2) is 11.8 Å². The van der Waals surface area contributed by atoms with Crippen LogP contribution in [0.15, 0.2) is 17.6 Å². The molecule has 1 aromatic heterocycles. The maximum atomic E-state index is 4.68. The molecule has 0 aromatic carbocycles. The number of aromatic nitrogens is 3. The summed E-state index contributed by atoms with van der Waals surface area (Å²) in [6, 6.07) is 0.965. The Hall–Kier alpha value is -1.16. The maximum Gasteiger partial charge on any atom is 0.192 e. The number of likely N-dealkylation sites (tertiary alicyclic amines) is 1. The highest BCUT2D eigenvalue weighted by atomic mass is 127. The highest BCUT2D eigenvalue weighted by molar-refractivity contribution is 14.0. The second-order valence-corrected chi connectivity index (χ2v) is 6.83. The van der Waals surface area contributed by atoms with Crippen LogP contribution in [0.4, 0.5) is 0 Å². The van der Waals surface area contributed by atoms with Crippen LogP contribution in [0.2, 0.25) is 0 Å². The fourth-order valence-corrected chi connectivity index (χ4v) is 2.85. The molecule has 0 aliphatic carbocycles. The summed E-state index contributed by atoms with van der Waals surface area (Å²) in [7, 11) is 1.96. The lowest BCUT2D eigenvalue weighted by Crippen LogP contribution is -2.47. The minimum absolute atomic E-state index is 0. The third-order valence-electron chi connectivity index (χ3n) is 4.67. The van der Waals surface area contributed by atoms with Crippen LogP contribution in [0.3, 0.4) is 0 Å². The van der Waals surface area contributed by atoms with Gasteiger partial charge in [0.05, 0.1) is 0 Å². The minimum atomic E-state index is 0. The number of aryl methyl sites for hydroxylation is 1. The monoisotopic (exact) mass is 461 g/mol. The average molecular weight is 461 g/mol. The summed E-state index contributed by atoms with van der Waals surface area (Å²) in [4.78, 5) is 7.18. The van der Waals surface area contributed by atoms with Crippen molar-refractivity contribution < 1.29 is 0 Å². The summed E-state index contributed by atoms with van der Waals surface area (Å²) < 4.78 is 1.97. The Morgan fingerprint density at radius 1 is 1.40 bits per heavy atom. The Kier molecular flexibility index (Phi) is 8.84. The van der Waals surface area contributed by atoms with Crippen LogP contribution in [-0.2, 0) is 13.6 Å². The van der Waals surface area contributed by atoms with Gasteiger partial charge in [0.1, 0.15) is 12.4 Å². The van der Waals surface area contributed by atoms with Crippen LogP contribution in [-0.4, -0.2) is 57.3 Å². The van der Waals surface area contributed by atoms with E-state index in [4.69, 9.17) is 0 Å². The highest BCUT2D eigenvalue weighted by Crippen LogP contribution is 2.18. The molecule has 25 heavy (non-hydrogen) atoms. The number of aliphatic imine (C=N–C) groups is 1. The van der Waals surface area contributed by atoms with E-state index in [2.05, 4.69) is 58.1 Å². The van der Waals surface area contributed by atoms with Crippen molar-refractivity contribution >= 4 is 29.9 Å². The van der Waals surface area contributed by atoms with E-state index in [-0.39, 0.29) is 24.0 Å². The number of halogens is 1. The van der Waals surface area contributed by atoms with Gasteiger partial charge in [-0.1, -0.05) is 13.0 Å². The second kappa shape index (κ2) is 10.1. The van der Waals surface area contributed by atoms with E-state index in [0.717, 1.165) is 30.7 Å². The summed E-state index contributed by atoms with van der Waals surface area (Å²) in [5.74, 6) is 3.14. The average Bonchev–Trinajstić information content (AvgIpc) is 3.06. The van der Waals surface area contributed by atoms with Crippen molar-refractivity contribution in [3.8, 4) is 0 Å². The number of nitrogens with zero attached hydrogens (tertiary/aromatic N) is 5. The first-order chi connectivity index (χ1) is 11.4. The first kappa shape index (κ1) is 21.9. The molecule has 142 valence electrons. The highest BCUT2D eigenvalue weighted by Gasteiger charge is 2.31. The van der Waals surface area contributed by atoms with Crippen LogP contribution in [0.5, 0.6) is 0 Å². The molecule has 1 aliphatic rings. The fourth-order valence-electron chi connectivity index (χ4n) is 2.85. The van der Waals surface area contributed by atoms with E-state index in [0.29, 0.717) is 31.1 Å². The van der Waals surface area contributed by atoms with Crippen LogP contribution < -0.4 is 10.6 Å². The molecule has 1 fully saturated rings. The molecule has 0 radical (unpaired) electrons. The van der Waals surface area contributed by atoms with Gasteiger partial charge in [-0.3, -0.25) is 4.90 Å². The number of rotatable bonds is 6. The van der Waals surface area contributed by atoms with Gasteiger partial charge in [0, 0.05) is 38.8 Å². The van der Waals surface area contributed by atoms with Crippen molar-refractivity contribution in [3.63, 3.8) is 0 Å². The van der Waals surface area contributed by atoms with Crippen molar-refractivity contribution in [1.82, 2.24) is 30.3 Å². The van der Waals surface area contributed by atoms with Crippen LogP contribution in [0.1, 0.15) is 32.4 Å². The minimum Gasteiger partial charge on any atom is -0.353 e. The molecule has 0 bridgehead atoms. The molecular weight excluding hydrogens is 429 g/mol. The van der Waals surface area contributed by atoms with Gasteiger partial charge in [0.2, 0.25) is 0 Å². The Labute approximate surface area is 168 Å². The molecular formula is C17H32IN7. The lowest BCUT2D eigenvalue weighted by Gasteiger charge is -2.22. The molecule has 8 heteroatoms. The molecule has 2 unspecified atom stereocenters. The molecule has 0 spiro atoms. The first-order valence-corrected chi connectivity index (χ1v) is 8.67. The molecule has 2 rings (SSSR count). The predicted molar refractivity (Wildman–Crippen MR) is 113 cm³/mol. The SMILES string of the molecule is C=CCNC(=NCc1nnc(C)n1C)NC1CN(C(C)C)CC1C.I. The van der Waals surface area contributed by atoms with E-state index in [1.807, 2.05) is 24.6 Å². The van der Waals surface area contributed by atoms with Crippen molar-refractivity contribution in [2.24, 2.45) is 18.0 Å². The molecule has 2 atom stereocenters. The fraction of sp³-hybridized carbons (Fsp3) is 0.706. The van der Waals surface area contributed by atoms with Gasteiger partial charge in [0.25, 0.3) is 0 Å². The van der Waals surface area contributed by atoms with E-state index in [1.54, 1.807) is 0 Å². The Bertz CT molecular complexity index is 582. The Morgan fingerprint density at radius 3 is 2.64 bits per heavy atom. The van der Waals surface area contributed by atoms with Crippen molar-refractivity contribution in [2.75, 3.05) is 19.6 Å². The Morgan fingerprint density at radius 2 is 2.12 bits per heavy atom. The maximum absolute atomic E-state index is 4.68. The third kappa shape index (κ3) is 5.95. The van der Waals surface area contributed by atoms with Crippen LogP contribution in [0, 0.1) is 12.8 Å². The van der Waals surface area contributed by atoms with Crippen molar-refractivity contribution in [3.05, 3.63) is 24.3 Å². The van der Waals surface area contributed by atoms with E-state index < -0.39 is 0 Å². The largest absolute Gasteiger partial charge is 0.353 e. The summed E-state index contributed by atoms with van der Waals surface area (Å²) in [6.07, 6.45) is 1.84. The number of nitrogens with one attached hydrogen (secondary N) is 2. The zero-order valence-corrected chi connectivity index (χ0v) is 18.3. The quantitative estimate of drug-likeness (QED) is 0.292. The normalized spacial score (nSPS) is 21.3. The summed E-state index contributed by atoms with van der Waals surface area (Å²) in [5.41, 5.74) is 0. The topological polar surface area (TPSA) is 70.4 Å². The zero-order chi connectivity index (χ0) is 17.7. The van der Waals surface area contributed by atoms with Gasteiger partial charge in [-0.2, -0.15) is 0 Å². The molecule has 1 saturated heterocycles. The van der Waals surface area contributed by atoms with Crippen molar-refractivity contribution in [2.45, 2.75) is 46.3 Å². The van der Waals surface area contributed by atoms with Gasteiger partial charge in [-0.05, 0) is 26.7 Å². The number of guanidine groups is 1.